The Labute approximate surface area is 215 Å². The number of ether oxygens (including phenoxy) is 3. The number of hydrogen-bond acceptors (Lipinski definition) is 8. The minimum atomic E-state index is -4.74. The van der Waals surface area contributed by atoms with Crippen LogP contribution in [0.5, 0.6) is 17.2 Å². The molecule has 0 radical (unpaired) electrons. The van der Waals surface area contributed by atoms with Gasteiger partial charge in [-0.1, -0.05) is 6.07 Å². The van der Waals surface area contributed by atoms with E-state index in [2.05, 4.69) is 4.90 Å². The van der Waals surface area contributed by atoms with Crippen molar-refractivity contribution in [3.8, 4) is 23.3 Å². The lowest BCUT2D eigenvalue weighted by Gasteiger charge is -2.27. The number of morpholine rings is 1. The van der Waals surface area contributed by atoms with E-state index in [1.165, 1.54) is 42.4 Å². The van der Waals surface area contributed by atoms with Gasteiger partial charge in [-0.15, -0.1) is 0 Å². The number of halogens is 3. The summed E-state index contributed by atoms with van der Waals surface area (Å²) in [6.07, 6.45) is -3.21. The first-order valence-corrected chi connectivity index (χ1v) is 12.0. The van der Waals surface area contributed by atoms with Gasteiger partial charge < -0.3 is 14.2 Å². The number of nitriles is 1. The Morgan fingerprint density at radius 1 is 1.08 bits per heavy atom. The molecule has 0 atom stereocenters. The van der Waals surface area contributed by atoms with Crippen LogP contribution in [-0.2, 0) is 15.7 Å². The molecule has 2 aliphatic rings. The van der Waals surface area contributed by atoms with E-state index in [4.69, 9.17) is 19.5 Å². The first-order valence-electron chi connectivity index (χ1n) is 11.2. The zero-order valence-corrected chi connectivity index (χ0v) is 20.5. The van der Waals surface area contributed by atoms with Crippen molar-refractivity contribution in [2.45, 2.75) is 6.18 Å². The maximum absolute atomic E-state index is 13.5. The zero-order chi connectivity index (χ0) is 26.6. The molecule has 0 saturated carbocycles. The van der Waals surface area contributed by atoms with E-state index in [1.54, 1.807) is 6.07 Å². The number of carbonyl (C=O) groups is 2. The Hall–Kier alpha value is -3.53. The number of amides is 2. The smallest absolute Gasteiger partial charge is 0.420 e. The van der Waals surface area contributed by atoms with Gasteiger partial charge in [0.25, 0.3) is 11.1 Å². The number of carbonyl (C=O) groups excluding carboxylic acids is 2. The summed E-state index contributed by atoms with van der Waals surface area (Å²) in [6.45, 7) is 3.55. The number of nitrogens with zero attached hydrogens (tertiary/aromatic N) is 3. The van der Waals surface area contributed by atoms with E-state index < -0.39 is 23.4 Å². The number of alkyl halides is 3. The van der Waals surface area contributed by atoms with Crippen LogP contribution in [0.2, 0.25) is 0 Å². The third-order valence-electron chi connectivity index (χ3n) is 5.74. The molecule has 2 aromatic carbocycles. The highest BCUT2D eigenvalue weighted by molar-refractivity contribution is 8.18. The minimum absolute atomic E-state index is 0.00785. The SMILES string of the molecule is COc1cc(C=C2SC(=O)N(CCN3CCOCC3)C2=O)ccc1Oc1ccc(C#N)cc1C(F)(F)F. The van der Waals surface area contributed by atoms with Gasteiger partial charge in [-0.3, -0.25) is 19.4 Å². The van der Waals surface area contributed by atoms with E-state index in [1.807, 2.05) is 0 Å². The number of thioether (sulfide) groups is 1. The van der Waals surface area contributed by atoms with Gasteiger partial charge in [0.1, 0.15) is 5.75 Å². The largest absolute Gasteiger partial charge is 0.493 e. The lowest BCUT2D eigenvalue weighted by atomic mass is 10.1. The molecular weight excluding hydrogens is 511 g/mol. The van der Waals surface area contributed by atoms with Crippen molar-refractivity contribution in [3.05, 3.63) is 58.0 Å². The summed E-state index contributed by atoms with van der Waals surface area (Å²) in [5.74, 6) is -0.764. The van der Waals surface area contributed by atoms with Crippen molar-refractivity contribution in [1.82, 2.24) is 9.80 Å². The van der Waals surface area contributed by atoms with E-state index >= 15 is 0 Å². The highest BCUT2D eigenvalue weighted by Crippen LogP contribution is 2.41. The van der Waals surface area contributed by atoms with E-state index in [-0.39, 0.29) is 33.8 Å². The Balaban J connectivity index is 1.51. The second-order valence-corrected chi connectivity index (χ2v) is 9.11. The topological polar surface area (TPSA) is 92.1 Å². The molecule has 0 unspecified atom stereocenters. The molecule has 2 fully saturated rings. The molecule has 37 heavy (non-hydrogen) atoms. The van der Waals surface area contributed by atoms with Crippen molar-refractivity contribution in [2.75, 3.05) is 46.5 Å². The fourth-order valence-electron chi connectivity index (χ4n) is 3.80. The van der Waals surface area contributed by atoms with Crippen molar-refractivity contribution >= 4 is 29.0 Å². The minimum Gasteiger partial charge on any atom is -0.493 e. The van der Waals surface area contributed by atoms with Crippen molar-refractivity contribution < 1.29 is 37.0 Å². The molecule has 2 aliphatic heterocycles. The lowest BCUT2D eigenvalue weighted by molar-refractivity contribution is -0.138. The van der Waals surface area contributed by atoms with Gasteiger partial charge in [0.15, 0.2) is 11.5 Å². The molecule has 194 valence electrons. The number of hydrogen-bond donors (Lipinski definition) is 0. The molecule has 2 amide bonds. The van der Waals surface area contributed by atoms with Crippen LogP contribution in [0.4, 0.5) is 18.0 Å². The summed E-state index contributed by atoms with van der Waals surface area (Å²) in [5.41, 5.74) is -0.747. The summed E-state index contributed by atoms with van der Waals surface area (Å²) in [4.78, 5) is 28.8. The van der Waals surface area contributed by atoms with Gasteiger partial charge in [0.05, 0.1) is 42.4 Å². The van der Waals surface area contributed by atoms with Crippen molar-refractivity contribution in [2.24, 2.45) is 0 Å². The molecule has 0 spiro atoms. The van der Waals surface area contributed by atoms with Crippen molar-refractivity contribution in [1.29, 1.82) is 5.26 Å². The van der Waals surface area contributed by atoms with Crippen LogP contribution in [0, 0.1) is 11.3 Å². The number of methoxy groups -OCH3 is 1. The van der Waals surface area contributed by atoms with Gasteiger partial charge in [0.2, 0.25) is 0 Å². The summed E-state index contributed by atoms with van der Waals surface area (Å²) < 4.78 is 56.6. The van der Waals surface area contributed by atoms with Crippen molar-refractivity contribution in [3.63, 3.8) is 0 Å². The van der Waals surface area contributed by atoms with Crippen LogP contribution in [0.15, 0.2) is 41.3 Å². The monoisotopic (exact) mass is 533 g/mol. The lowest BCUT2D eigenvalue weighted by Crippen LogP contribution is -2.42. The Kier molecular flexibility index (Phi) is 8.06. The van der Waals surface area contributed by atoms with Crippen LogP contribution in [-0.4, -0.2) is 67.4 Å². The highest BCUT2D eigenvalue weighted by Gasteiger charge is 2.36. The third-order valence-corrected chi connectivity index (χ3v) is 6.64. The summed E-state index contributed by atoms with van der Waals surface area (Å²) in [6, 6.07) is 9.13. The molecule has 0 aliphatic carbocycles. The molecule has 0 N–H and O–H groups in total. The number of benzene rings is 2. The molecule has 0 bridgehead atoms. The summed E-state index contributed by atoms with van der Waals surface area (Å²) in [5, 5.41) is 8.58. The average Bonchev–Trinajstić information content (AvgIpc) is 3.15. The molecule has 2 heterocycles. The Bertz CT molecular complexity index is 1270. The first kappa shape index (κ1) is 26.5. The van der Waals surface area contributed by atoms with Gasteiger partial charge in [-0.2, -0.15) is 18.4 Å². The number of rotatable bonds is 7. The quantitative estimate of drug-likeness (QED) is 0.471. The standard InChI is InChI=1S/C25H22F3N3O5S/c1-34-21-13-16(2-5-20(21)36-19-4-3-17(15-29)12-18(19)25(26,27)28)14-22-23(32)31(24(33)37-22)7-6-30-8-10-35-11-9-30/h2-5,12-14H,6-11H2,1H3. The predicted molar refractivity (Wildman–Crippen MR) is 129 cm³/mol. The fraction of sp³-hybridized carbons (Fsp3) is 0.320. The van der Waals surface area contributed by atoms with Crippen LogP contribution in [0.3, 0.4) is 0 Å². The van der Waals surface area contributed by atoms with Crippen LogP contribution in [0.1, 0.15) is 16.7 Å². The summed E-state index contributed by atoms with van der Waals surface area (Å²) >= 11 is 0.824. The fourth-order valence-corrected chi connectivity index (χ4v) is 4.66. The second-order valence-electron chi connectivity index (χ2n) is 8.12. The van der Waals surface area contributed by atoms with E-state index in [0.29, 0.717) is 31.4 Å². The molecule has 4 rings (SSSR count). The third kappa shape index (κ3) is 6.25. The van der Waals surface area contributed by atoms with Gasteiger partial charge in [0, 0.05) is 26.2 Å². The maximum Gasteiger partial charge on any atom is 0.420 e. The van der Waals surface area contributed by atoms with Crippen LogP contribution < -0.4 is 9.47 Å². The van der Waals surface area contributed by atoms with Crippen LogP contribution in [0.25, 0.3) is 6.08 Å². The number of imide groups is 1. The summed E-state index contributed by atoms with van der Waals surface area (Å²) in [7, 11) is 1.33. The second kappa shape index (κ2) is 11.2. The molecule has 8 nitrogen and oxygen atoms in total. The highest BCUT2D eigenvalue weighted by atomic mass is 32.2. The predicted octanol–water partition coefficient (Wildman–Crippen LogP) is 4.75. The molecule has 2 aromatic rings. The van der Waals surface area contributed by atoms with E-state index in [0.717, 1.165) is 30.9 Å². The normalized spacial score (nSPS) is 17.8. The Morgan fingerprint density at radius 2 is 1.81 bits per heavy atom. The van der Waals surface area contributed by atoms with Crippen LogP contribution >= 0.6 is 11.8 Å². The van der Waals surface area contributed by atoms with Gasteiger partial charge in [-0.25, -0.2) is 0 Å². The molecular formula is C25H22F3N3O5S. The first-order chi connectivity index (χ1) is 17.7. The maximum atomic E-state index is 13.5. The average molecular weight is 534 g/mol. The van der Waals surface area contributed by atoms with Gasteiger partial charge >= 0.3 is 6.18 Å². The molecule has 2 saturated heterocycles. The van der Waals surface area contributed by atoms with Gasteiger partial charge in [-0.05, 0) is 53.7 Å². The molecule has 0 aromatic heterocycles. The van der Waals surface area contributed by atoms with E-state index in [9.17, 15) is 22.8 Å². The molecule has 12 heteroatoms. The Morgan fingerprint density at radius 3 is 2.49 bits per heavy atom. The zero-order valence-electron chi connectivity index (χ0n) is 19.7.